The van der Waals surface area contributed by atoms with E-state index in [4.69, 9.17) is 19.2 Å². The van der Waals surface area contributed by atoms with Gasteiger partial charge in [-0.3, -0.25) is 0 Å². The first-order valence-corrected chi connectivity index (χ1v) is 21.0. The molecule has 1 saturated carbocycles. The summed E-state index contributed by atoms with van der Waals surface area (Å²) in [6.45, 7) is 16.1. The number of β-amino-alcohol motifs (C(OH)–C–C–N with tert-alkyl or cyclic N) is 1. The molecule has 284 valence electrons. The van der Waals surface area contributed by atoms with Crippen LogP contribution in [0.1, 0.15) is 79.7 Å². The number of aromatic nitrogens is 2. The molecule has 4 aromatic rings. The predicted molar refractivity (Wildman–Crippen MR) is 209 cm³/mol. The summed E-state index contributed by atoms with van der Waals surface area (Å²) in [5, 5.41) is 22.5. The van der Waals surface area contributed by atoms with Crippen LogP contribution in [0.5, 0.6) is 11.8 Å². The molecule has 2 heterocycles. The zero-order valence-corrected chi connectivity index (χ0v) is 33.3. The van der Waals surface area contributed by atoms with Crippen LogP contribution in [-0.4, -0.2) is 74.1 Å². The van der Waals surface area contributed by atoms with Crippen molar-refractivity contribution in [2.45, 2.75) is 96.4 Å². The maximum absolute atomic E-state index is 17.4. The van der Waals surface area contributed by atoms with Crippen LogP contribution >= 0.6 is 0 Å². The molecule has 6 rings (SSSR count). The van der Waals surface area contributed by atoms with Crippen molar-refractivity contribution in [3.05, 3.63) is 53.6 Å². The highest BCUT2D eigenvalue weighted by molar-refractivity contribution is 6.90. The molecule has 53 heavy (non-hydrogen) atoms. The number of nitrogens with zero attached hydrogens (tertiary/aromatic N) is 3. The van der Waals surface area contributed by atoms with Crippen molar-refractivity contribution in [1.29, 1.82) is 0 Å². The largest absolute Gasteiger partial charge is 0.468 e. The summed E-state index contributed by atoms with van der Waals surface area (Å²) in [6, 6.07) is 10.0. The molecular weight excluding hydrogens is 693 g/mol. The maximum Gasteiger partial charge on any atom is 0.319 e. The van der Waals surface area contributed by atoms with Crippen molar-refractivity contribution < 1.29 is 33.2 Å². The number of aliphatic hydroxyl groups is 2. The van der Waals surface area contributed by atoms with Crippen LogP contribution in [0.15, 0.2) is 36.4 Å². The minimum atomic E-state index is -2.26. The van der Waals surface area contributed by atoms with Gasteiger partial charge in [0.1, 0.15) is 31.0 Å². The summed E-state index contributed by atoms with van der Waals surface area (Å²) in [6.07, 6.45) is 3.01. The third-order valence-corrected chi connectivity index (χ3v) is 17.8. The molecule has 1 aromatic heterocycles. The molecule has 1 atom stereocenters. The molecule has 11 heteroatoms. The molecule has 2 aliphatic rings. The fourth-order valence-corrected chi connectivity index (χ4v) is 13.6. The lowest BCUT2D eigenvalue weighted by Crippen LogP contribution is -2.46. The number of piperidine rings is 1. The van der Waals surface area contributed by atoms with Gasteiger partial charge in [-0.15, -0.1) is 5.54 Å². The number of halogens is 2. The van der Waals surface area contributed by atoms with Crippen LogP contribution in [0, 0.1) is 28.5 Å². The van der Waals surface area contributed by atoms with Gasteiger partial charge < -0.3 is 29.3 Å². The van der Waals surface area contributed by atoms with E-state index in [1.165, 1.54) is 13.2 Å². The number of ether oxygens (including phenoxy) is 3. The Balaban J connectivity index is 1.60. The zero-order valence-electron chi connectivity index (χ0n) is 32.3. The molecule has 1 saturated heterocycles. The molecule has 3 aromatic carbocycles. The number of benzene rings is 3. The normalized spacial score (nSPS) is 18.6. The second-order valence-corrected chi connectivity index (χ2v) is 21.9. The number of anilines is 1. The highest BCUT2D eigenvalue weighted by Gasteiger charge is 2.44. The van der Waals surface area contributed by atoms with Gasteiger partial charge >= 0.3 is 6.01 Å². The Bertz CT molecular complexity index is 2030. The highest BCUT2D eigenvalue weighted by Crippen LogP contribution is 2.46. The number of methoxy groups -OCH3 is 1. The summed E-state index contributed by atoms with van der Waals surface area (Å²) >= 11 is 0. The first-order chi connectivity index (χ1) is 25.1. The van der Waals surface area contributed by atoms with Crippen molar-refractivity contribution in [1.82, 2.24) is 9.97 Å². The number of rotatable bonds is 12. The number of hydrogen-bond donors (Lipinski definition) is 2. The quantitative estimate of drug-likeness (QED) is 0.0845. The molecule has 0 spiro atoms. The van der Waals surface area contributed by atoms with E-state index in [1.54, 1.807) is 37.3 Å². The van der Waals surface area contributed by atoms with Crippen molar-refractivity contribution in [2.75, 3.05) is 45.1 Å². The third kappa shape index (κ3) is 7.61. The third-order valence-electron chi connectivity index (χ3n) is 11.5. The Kier molecular flexibility index (Phi) is 11.1. The van der Waals surface area contributed by atoms with Gasteiger partial charge in [-0.2, -0.15) is 9.97 Å². The van der Waals surface area contributed by atoms with Crippen molar-refractivity contribution >= 4 is 35.6 Å². The molecule has 8 nitrogen and oxygen atoms in total. The van der Waals surface area contributed by atoms with E-state index in [9.17, 15) is 10.2 Å². The van der Waals surface area contributed by atoms with E-state index in [0.29, 0.717) is 69.4 Å². The molecule has 0 amide bonds. The van der Waals surface area contributed by atoms with Gasteiger partial charge in [0.05, 0.1) is 24.4 Å². The smallest absolute Gasteiger partial charge is 0.319 e. The van der Waals surface area contributed by atoms with Crippen LogP contribution < -0.4 is 14.4 Å². The summed E-state index contributed by atoms with van der Waals surface area (Å²) in [5.74, 6) is 3.11. The summed E-state index contributed by atoms with van der Waals surface area (Å²) < 4.78 is 50.6. The van der Waals surface area contributed by atoms with E-state index in [2.05, 4.69) is 58.0 Å². The first kappa shape index (κ1) is 38.9. The lowest BCUT2D eigenvalue weighted by Gasteiger charge is -2.38. The zero-order chi connectivity index (χ0) is 38.3. The number of aliphatic hydroxyl groups excluding tert-OH is 1. The van der Waals surface area contributed by atoms with E-state index in [-0.39, 0.29) is 48.1 Å². The molecule has 1 aliphatic heterocycles. The summed E-state index contributed by atoms with van der Waals surface area (Å²) in [4.78, 5) is 11.3. The average Bonchev–Trinajstić information content (AvgIpc) is 3.90. The van der Waals surface area contributed by atoms with Gasteiger partial charge in [-0.25, -0.2) is 8.78 Å². The van der Waals surface area contributed by atoms with Crippen molar-refractivity contribution in [3.8, 4) is 34.4 Å². The Morgan fingerprint density at radius 2 is 1.66 bits per heavy atom. The molecule has 0 radical (unpaired) electrons. The predicted octanol–water partition coefficient (Wildman–Crippen LogP) is 8.78. The van der Waals surface area contributed by atoms with Gasteiger partial charge in [0, 0.05) is 42.0 Å². The van der Waals surface area contributed by atoms with Gasteiger partial charge in [0.15, 0.2) is 12.6 Å². The SMILES string of the molecule is COCOc1cc(-c2ccc3c(N4CCC[C@@](C)(O)C4)nc(OCC4(CO)CC4)nc3c2F)c2c(C#C[Si](C(C)C)(C(C)C)C(C)C)c(F)ccc2c1. The topological polar surface area (TPSA) is 97.2 Å². The molecule has 0 bridgehead atoms. The van der Waals surface area contributed by atoms with Crippen molar-refractivity contribution in [3.63, 3.8) is 0 Å². The summed E-state index contributed by atoms with van der Waals surface area (Å²) in [5.41, 5.74) is 4.22. The van der Waals surface area contributed by atoms with Gasteiger partial charge in [0.2, 0.25) is 0 Å². The van der Waals surface area contributed by atoms with Crippen molar-refractivity contribution in [2.24, 2.45) is 5.41 Å². The average molecular weight is 746 g/mol. The van der Waals surface area contributed by atoms with Gasteiger partial charge in [0.25, 0.3) is 0 Å². The highest BCUT2D eigenvalue weighted by atomic mass is 28.3. The minimum Gasteiger partial charge on any atom is -0.468 e. The van der Waals surface area contributed by atoms with Crippen LogP contribution in [0.2, 0.25) is 16.6 Å². The van der Waals surface area contributed by atoms with Crippen LogP contribution in [0.25, 0.3) is 32.8 Å². The second-order valence-electron chi connectivity index (χ2n) is 16.3. The molecule has 2 fully saturated rings. The number of fused-ring (bicyclic) bond motifs is 2. The summed E-state index contributed by atoms with van der Waals surface area (Å²) in [7, 11) is -0.744. The van der Waals surface area contributed by atoms with E-state index >= 15 is 8.78 Å². The molecule has 1 aliphatic carbocycles. The van der Waals surface area contributed by atoms with E-state index in [0.717, 1.165) is 19.3 Å². The van der Waals surface area contributed by atoms with Crippen LogP contribution in [-0.2, 0) is 4.74 Å². The Morgan fingerprint density at radius 3 is 2.28 bits per heavy atom. The second kappa shape index (κ2) is 15.1. The Morgan fingerprint density at radius 1 is 0.943 bits per heavy atom. The van der Waals surface area contributed by atoms with E-state index in [1.807, 2.05) is 4.90 Å². The van der Waals surface area contributed by atoms with Gasteiger partial charge in [-0.05, 0) is 84.4 Å². The van der Waals surface area contributed by atoms with Crippen LogP contribution in [0.4, 0.5) is 14.6 Å². The Hall–Kier alpha value is -3.82. The van der Waals surface area contributed by atoms with Gasteiger partial charge in [-0.1, -0.05) is 59.6 Å². The molecule has 2 N–H and O–H groups in total. The first-order valence-electron chi connectivity index (χ1n) is 18.8. The molecule has 0 unspecified atom stereocenters. The lowest BCUT2D eigenvalue weighted by atomic mass is 9.92. The monoisotopic (exact) mass is 745 g/mol. The fourth-order valence-electron chi connectivity index (χ4n) is 8.34. The maximum atomic E-state index is 17.4. The number of hydrogen-bond acceptors (Lipinski definition) is 8. The van der Waals surface area contributed by atoms with E-state index < -0.39 is 25.3 Å². The lowest BCUT2D eigenvalue weighted by molar-refractivity contribution is 0.0447. The Labute approximate surface area is 312 Å². The molecular formula is C42H53F2N3O5Si. The fraction of sp³-hybridized carbons (Fsp3) is 0.524. The minimum absolute atomic E-state index is 0.00881. The standard InChI is InChI=1S/C42H53F2N3O5Si/c1-26(2)53(27(3)4,28(5)6)19-14-32-35(43)13-10-29-20-30(52-25-50-8)21-34(36(29)32)31-11-12-33-38(37(31)44)45-40(51-24-42(23-48)16-17-42)46-39(33)47-18-9-15-41(7,49)22-47/h10-13,20-21,26-28,48-49H,9,15-18,22-25H2,1-8H3/t41-/m1/s1. The van der Waals surface area contributed by atoms with Crippen LogP contribution in [0.3, 0.4) is 0 Å².